The summed E-state index contributed by atoms with van der Waals surface area (Å²) < 4.78 is 26.6. The van der Waals surface area contributed by atoms with E-state index >= 15 is 0 Å². The summed E-state index contributed by atoms with van der Waals surface area (Å²) in [7, 11) is -3.24. The molecule has 1 aliphatic rings. The van der Waals surface area contributed by atoms with E-state index in [4.69, 9.17) is 0 Å². The molecule has 1 saturated heterocycles. The first-order valence-corrected chi connectivity index (χ1v) is 10.3. The molecule has 1 aliphatic heterocycles. The summed E-state index contributed by atoms with van der Waals surface area (Å²) in [6, 6.07) is 15.3. The highest BCUT2D eigenvalue weighted by Crippen LogP contribution is 2.27. The molecule has 0 bridgehead atoms. The van der Waals surface area contributed by atoms with Crippen LogP contribution in [0.2, 0.25) is 0 Å². The lowest BCUT2D eigenvalue weighted by Gasteiger charge is -2.14. The predicted octanol–water partition coefficient (Wildman–Crippen LogP) is 2.28. The molecule has 0 aliphatic carbocycles. The van der Waals surface area contributed by atoms with E-state index in [0.717, 1.165) is 22.4 Å². The molecule has 0 saturated carbocycles. The lowest BCUT2D eigenvalue weighted by atomic mass is 10.2. The van der Waals surface area contributed by atoms with Crippen molar-refractivity contribution in [3.05, 3.63) is 59.0 Å². The molecule has 1 unspecified atom stereocenters. The molecule has 0 radical (unpaired) electrons. The second-order valence-electron chi connectivity index (χ2n) is 6.59. The van der Waals surface area contributed by atoms with Gasteiger partial charge in [0, 0.05) is 24.5 Å². The van der Waals surface area contributed by atoms with E-state index in [1.165, 1.54) is 10.6 Å². The highest BCUT2D eigenvalue weighted by Gasteiger charge is 2.31. The molecule has 136 valence electrons. The average molecular weight is 372 g/mol. The van der Waals surface area contributed by atoms with Crippen LogP contribution >= 0.6 is 0 Å². The molecule has 2 aromatic carbocycles. The lowest BCUT2D eigenvalue weighted by Crippen LogP contribution is -2.29. The third-order valence-electron chi connectivity index (χ3n) is 4.74. The van der Waals surface area contributed by atoms with E-state index < -0.39 is 10.0 Å². The Morgan fingerprint density at radius 2 is 1.88 bits per heavy atom. The van der Waals surface area contributed by atoms with Gasteiger partial charge in [0.15, 0.2) is 0 Å². The van der Waals surface area contributed by atoms with Crippen molar-refractivity contribution >= 4 is 32.4 Å². The molecule has 2 N–H and O–H groups in total. The number of anilines is 2. The SMILES string of the molecule is CS(=O)(=O)N1CCC(n2c(=O)[nH]c3cc(Nc4ccccc4)ccc32)C1. The third kappa shape index (κ3) is 3.13. The first-order valence-electron chi connectivity index (χ1n) is 8.43. The van der Waals surface area contributed by atoms with Crippen molar-refractivity contribution in [2.45, 2.75) is 12.5 Å². The molecule has 0 spiro atoms. The zero-order valence-electron chi connectivity index (χ0n) is 14.3. The van der Waals surface area contributed by atoms with Gasteiger partial charge < -0.3 is 10.3 Å². The van der Waals surface area contributed by atoms with Crippen LogP contribution in [0.3, 0.4) is 0 Å². The molecule has 1 aromatic heterocycles. The quantitative estimate of drug-likeness (QED) is 0.736. The topological polar surface area (TPSA) is 87.2 Å². The van der Waals surface area contributed by atoms with E-state index in [0.29, 0.717) is 19.5 Å². The van der Waals surface area contributed by atoms with Crippen molar-refractivity contribution in [2.75, 3.05) is 24.7 Å². The van der Waals surface area contributed by atoms with Crippen LogP contribution in [0.15, 0.2) is 53.3 Å². The fourth-order valence-corrected chi connectivity index (χ4v) is 4.36. The van der Waals surface area contributed by atoms with Gasteiger partial charge in [-0.15, -0.1) is 0 Å². The molecule has 4 rings (SSSR count). The molecule has 0 amide bonds. The Kier molecular flexibility index (Phi) is 4.08. The van der Waals surface area contributed by atoms with E-state index in [9.17, 15) is 13.2 Å². The van der Waals surface area contributed by atoms with E-state index in [-0.39, 0.29) is 11.7 Å². The Morgan fingerprint density at radius 1 is 1.12 bits per heavy atom. The van der Waals surface area contributed by atoms with Crippen LogP contribution in [-0.4, -0.2) is 41.6 Å². The molecular formula is C18H20N4O3S. The van der Waals surface area contributed by atoms with Crippen LogP contribution in [0.5, 0.6) is 0 Å². The highest BCUT2D eigenvalue weighted by atomic mass is 32.2. The van der Waals surface area contributed by atoms with Crippen molar-refractivity contribution in [2.24, 2.45) is 0 Å². The van der Waals surface area contributed by atoms with Gasteiger partial charge in [-0.25, -0.2) is 17.5 Å². The molecule has 8 heteroatoms. The number of fused-ring (bicyclic) bond motifs is 1. The standard InChI is InChI=1S/C18H20N4O3S/c1-26(24,25)21-10-9-15(12-21)22-17-8-7-14(11-16(17)20-18(22)23)19-13-5-3-2-4-6-13/h2-8,11,15,19H,9-10,12H2,1H3,(H,20,23). The number of hydrogen-bond donors (Lipinski definition) is 2. The van der Waals surface area contributed by atoms with E-state index in [2.05, 4.69) is 10.3 Å². The highest BCUT2D eigenvalue weighted by molar-refractivity contribution is 7.88. The van der Waals surface area contributed by atoms with Crippen molar-refractivity contribution in [3.8, 4) is 0 Å². The number of aromatic amines is 1. The van der Waals surface area contributed by atoms with Crippen molar-refractivity contribution in [1.82, 2.24) is 13.9 Å². The molecule has 3 aromatic rings. The monoisotopic (exact) mass is 372 g/mol. The number of nitrogens with zero attached hydrogens (tertiary/aromatic N) is 2. The average Bonchev–Trinajstić information content (AvgIpc) is 3.18. The molecule has 2 heterocycles. The summed E-state index contributed by atoms with van der Waals surface area (Å²) >= 11 is 0. The number of rotatable bonds is 4. The van der Waals surface area contributed by atoms with Gasteiger partial charge in [0.2, 0.25) is 10.0 Å². The molecule has 1 fully saturated rings. The van der Waals surface area contributed by atoms with Gasteiger partial charge in [-0.1, -0.05) is 18.2 Å². The largest absolute Gasteiger partial charge is 0.355 e. The summed E-state index contributed by atoms with van der Waals surface area (Å²) in [6.45, 7) is 0.770. The van der Waals surface area contributed by atoms with Crippen LogP contribution in [0.1, 0.15) is 12.5 Å². The van der Waals surface area contributed by atoms with Gasteiger partial charge in [0.25, 0.3) is 0 Å². The number of nitrogens with one attached hydrogen (secondary N) is 2. The zero-order valence-corrected chi connectivity index (χ0v) is 15.2. The van der Waals surface area contributed by atoms with E-state index in [1.54, 1.807) is 4.57 Å². The fraction of sp³-hybridized carbons (Fsp3) is 0.278. The number of imidazole rings is 1. The van der Waals surface area contributed by atoms with Crippen LogP contribution in [0.4, 0.5) is 11.4 Å². The second-order valence-corrected chi connectivity index (χ2v) is 8.57. The first kappa shape index (κ1) is 16.9. The molecular weight excluding hydrogens is 352 g/mol. The molecule has 7 nitrogen and oxygen atoms in total. The Balaban J connectivity index is 1.65. The number of H-pyrrole nitrogens is 1. The van der Waals surface area contributed by atoms with Crippen LogP contribution in [0.25, 0.3) is 11.0 Å². The van der Waals surface area contributed by atoms with Gasteiger partial charge in [0.05, 0.1) is 23.3 Å². The summed E-state index contributed by atoms with van der Waals surface area (Å²) in [5.41, 5.74) is 3.15. The number of para-hydroxylation sites is 1. The summed E-state index contributed by atoms with van der Waals surface area (Å²) in [5, 5.41) is 3.30. The predicted molar refractivity (Wildman–Crippen MR) is 102 cm³/mol. The number of aromatic nitrogens is 2. The minimum absolute atomic E-state index is 0.154. The summed E-state index contributed by atoms with van der Waals surface area (Å²) in [4.78, 5) is 15.4. The number of hydrogen-bond acceptors (Lipinski definition) is 4. The van der Waals surface area contributed by atoms with Crippen LogP contribution in [0, 0.1) is 0 Å². The Bertz CT molecular complexity index is 1100. The maximum atomic E-state index is 12.5. The fourth-order valence-electron chi connectivity index (χ4n) is 3.48. The first-order chi connectivity index (χ1) is 12.4. The second kappa shape index (κ2) is 6.30. The van der Waals surface area contributed by atoms with E-state index in [1.807, 2.05) is 48.5 Å². The summed E-state index contributed by atoms with van der Waals surface area (Å²) in [6.07, 6.45) is 1.83. The van der Waals surface area contributed by atoms with Crippen LogP contribution < -0.4 is 11.0 Å². The normalized spacial score (nSPS) is 18.4. The Labute approximate surface area is 151 Å². The molecule has 1 atom stereocenters. The smallest absolute Gasteiger partial charge is 0.326 e. The van der Waals surface area contributed by atoms with Crippen molar-refractivity contribution in [1.29, 1.82) is 0 Å². The lowest BCUT2D eigenvalue weighted by molar-refractivity contribution is 0.456. The van der Waals surface area contributed by atoms with Gasteiger partial charge in [0.1, 0.15) is 0 Å². The summed E-state index contributed by atoms with van der Waals surface area (Å²) in [5.74, 6) is 0. The third-order valence-corrected chi connectivity index (χ3v) is 6.01. The number of benzene rings is 2. The van der Waals surface area contributed by atoms with Gasteiger partial charge in [-0.3, -0.25) is 4.57 Å². The van der Waals surface area contributed by atoms with Gasteiger partial charge in [-0.2, -0.15) is 0 Å². The van der Waals surface area contributed by atoms with Gasteiger partial charge in [-0.05, 0) is 36.8 Å². The minimum Gasteiger partial charge on any atom is -0.355 e. The zero-order chi connectivity index (χ0) is 18.3. The Hall–Kier alpha value is -2.58. The Morgan fingerprint density at radius 3 is 2.58 bits per heavy atom. The number of sulfonamides is 1. The van der Waals surface area contributed by atoms with Gasteiger partial charge >= 0.3 is 5.69 Å². The van der Waals surface area contributed by atoms with Crippen molar-refractivity contribution in [3.63, 3.8) is 0 Å². The van der Waals surface area contributed by atoms with Crippen LogP contribution in [-0.2, 0) is 10.0 Å². The molecule has 26 heavy (non-hydrogen) atoms. The minimum atomic E-state index is -3.24. The maximum absolute atomic E-state index is 12.5. The van der Waals surface area contributed by atoms with Crippen molar-refractivity contribution < 1.29 is 8.42 Å². The maximum Gasteiger partial charge on any atom is 0.326 e.